The molecule has 1 heterocycles. The highest BCUT2D eigenvalue weighted by atomic mass is 16.5. The fraction of sp³-hybridized carbons (Fsp3) is 0.357. The maximum Gasteiger partial charge on any atom is 0.328 e. The van der Waals surface area contributed by atoms with Gasteiger partial charge in [-0.3, -0.25) is 4.79 Å². The quantitative estimate of drug-likeness (QED) is 0.781. The summed E-state index contributed by atoms with van der Waals surface area (Å²) in [7, 11) is 1.39. The van der Waals surface area contributed by atoms with Crippen LogP contribution in [0.1, 0.15) is 6.42 Å². The van der Waals surface area contributed by atoms with Gasteiger partial charge in [-0.05, 0) is 12.1 Å². The highest BCUT2D eigenvalue weighted by Crippen LogP contribution is 2.11. The third kappa shape index (κ3) is 3.79. The van der Waals surface area contributed by atoms with Gasteiger partial charge in [0, 0.05) is 20.1 Å². The number of amides is 1. The summed E-state index contributed by atoms with van der Waals surface area (Å²) in [6, 6.07) is 6.59. The van der Waals surface area contributed by atoms with Crippen molar-refractivity contribution in [3.8, 4) is 0 Å². The van der Waals surface area contributed by atoms with E-state index in [0.29, 0.717) is 6.54 Å². The first-order valence-electron chi connectivity index (χ1n) is 6.53. The van der Waals surface area contributed by atoms with Crippen molar-refractivity contribution in [2.75, 3.05) is 13.7 Å². The van der Waals surface area contributed by atoms with E-state index in [1.807, 2.05) is 28.8 Å². The van der Waals surface area contributed by atoms with Crippen LogP contribution in [0.4, 0.5) is 0 Å². The van der Waals surface area contributed by atoms with E-state index in [1.54, 1.807) is 6.33 Å². The van der Waals surface area contributed by atoms with Gasteiger partial charge in [-0.25, -0.2) is 9.78 Å². The average Bonchev–Trinajstić information content (AvgIpc) is 2.88. The van der Waals surface area contributed by atoms with Crippen molar-refractivity contribution in [2.24, 2.45) is 0 Å². The number of imidazole rings is 1. The van der Waals surface area contributed by atoms with Crippen LogP contribution in [0.2, 0.25) is 0 Å². The Morgan fingerprint density at radius 1 is 1.43 bits per heavy atom. The number of hydrogen-bond acceptors (Lipinski definition) is 4. The molecule has 0 aliphatic rings. The number of para-hydroxylation sites is 2. The van der Waals surface area contributed by atoms with Crippen LogP contribution >= 0.6 is 0 Å². The first-order chi connectivity index (χ1) is 10.1. The van der Waals surface area contributed by atoms with Gasteiger partial charge in [-0.15, -0.1) is 0 Å². The molecule has 1 unspecified atom stereocenters. The molecule has 0 radical (unpaired) electrons. The van der Waals surface area contributed by atoms with Crippen LogP contribution in [0, 0.1) is 0 Å². The fourth-order valence-corrected chi connectivity index (χ4v) is 2.02. The number of aryl methyl sites for hydroxylation is 1. The molecule has 21 heavy (non-hydrogen) atoms. The Kier molecular flexibility index (Phi) is 4.89. The monoisotopic (exact) mass is 291 g/mol. The van der Waals surface area contributed by atoms with E-state index < -0.39 is 12.0 Å². The maximum atomic E-state index is 11.8. The Morgan fingerprint density at radius 3 is 2.90 bits per heavy atom. The predicted molar refractivity (Wildman–Crippen MR) is 75.8 cm³/mol. The Morgan fingerprint density at radius 2 is 2.19 bits per heavy atom. The zero-order valence-electron chi connectivity index (χ0n) is 11.7. The highest BCUT2D eigenvalue weighted by molar-refractivity contribution is 5.83. The molecule has 2 rings (SSSR count). The number of rotatable bonds is 7. The molecule has 0 aliphatic carbocycles. The van der Waals surface area contributed by atoms with Gasteiger partial charge in [0.1, 0.15) is 0 Å². The summed E-state index contributed by atoms with van der Waals surface area (Å²) in [6.07, 6.45) is 1.84. The SMILES string of the molecule is COCC(NC(=O)CCn1cnc2ccccc21)C(=O)O. The summed E-state index contributed by atoms with van der Waals surface area (Å²) in [6.45, 7) is 0.376. The summed E-state index contributed by atoms with van der Waals surface area (Å²) in [5.74, 6) is -1.45. The van der Waals surface area contributed by atoms with Crippen LogP contribution in [0.15, 0.2) is 30.6 Å². The third-order valence-corrected chi connectivity index (χ3v) is 3.07. The van der Waals surface area contributed by atoms with Crippen molar-refractivity contribution >= 4 is 22.9 Å². The Hall–Kier alpha value is -2.41. The largest absolute Gasteiger partial charge is 0.480 e. The minimum atomic E-state index is -1.11. The molecule has 0 saturated carbocycles. The van der Waals surface area contributed by atoms with Gasteiger partial charge in [0.15, 0.2) is 6.04 Å². The molecule has 0 fully saturated rings. The van der Waals surface area contributed by atoms with E-state index in [2.05, 4.69) is 10.3 Å². The molecule has 1 amide bonds. The van der Waals surface area contributed by atoms with E-state index in [-0.39, 0.29) is 18.9 Å². The lowest BCUT2D eigenvalue weighted by molar-refractivity contribution is -0.143. The van der Waals surface area contributed by atoms with Crippen LogP contribution in [0.5, 0.6) is 0 Å². The molecule has 1 atom stereocenters. The standard InChI is InChI=1S/C14H17N3O4/c1-21-8-11(14(19)20)16-13(18)6-7-17-9-15-10-4-2-3-5-12(10)17/h2-5,9,11H,6-8H2,1H3,(H,16,18)(H,19,20). The number of methoxy groups -OCH3 is 1. The minimum Gasteiger partial charge on any atom is -0.480 e. The second-order valence-corrected chi connectivity index (χ2v) is 4.59. The number of fused-ring (bicyclic) bond motifs is 1. The first-order valence-corrected chi connectivity index (χ1v) is 6.53. The van der Waals surface area contributed by atoms with Gasteiger partial charge in [-0.1, -0.05) is 12.1 Å². The molecular weight excluding hydrogens is 274 g/mol. The molecule has 0 spiro atoms. The zero-order valence-corrected chi connectivity index (χ0v) is 11.7. The normalized spacial score (nSPS) is 12.2. The number of carboxylic acids is 1. The summed E-state index contributed by atoms with van der Waals surface area (Å²) in [4.78, 5) is 27.0. The predicted octanol–water partition coefficient (Wildman–Crippen LogP) is 0.642. The van der Waals surface area contributed by atoms with E-state index in [0.717, 1.165) is 11.0 Å². The average molecular weight is 291 g/mol. The van der Waals surface area contributed by atoms with E-state index in [9.17, 15) is 9.59 Å². The smallest absolute Gasteiger partial charge is 0.328 e. The minimum absolute atomic E-state index is 0.0604. The second-order valence-electron chi connectivity index (χ2n) is 4.59. The number of carboxylic acid groups (broad SMARTS) is 1. The zero-order chi connectivity index (χ0) is 15.2. The Labute approximate surface area is 121 Å². The lowest BCUT2D eigenvalue weighted by Crippen LogP contribution is -2.44. The van der Waals surface area contributed by atoms with Crippen LogP contribution in [0.25, 0.3) is 11.0 Å². The van der Waals surface area contributed by atoms with Crippen molar-refractivity contribution < 1.29 is 19.4 Å². The number of carbonyl (C=O) groups is 2. The van der Waals surface area contributed by atoms with Gasteiger partial charge in [0.2, 0.25) is 5.91 Å². The van der Waals surface area contributed by atoms with Crippen molar-refractivity contribution in [3.63, 3.8) is 0 Å². The molecule has 2 aromatic rings. The first kappa shape index (κ1) is 15.0. The molecule has 1 aromatic heterocycles. The van der Waals surface area contributed by atoms with Gasteiger partial charge >= 0.3 is 5.97 Å². The van der Waals surface area contributed by atoms with E-state index >= 15 is 0 Å². The van der Waals surface area contributed by atoms with Gasteiger partial charge in [-0.2, -0.15) is 0 Å². The summed E-state index contributed by atoms with van der Waals surface area (Å²) < 4.78 is 6.63. The van der Waals surface area contributed by atoms with Crippen LogP contribution in [-0.2, 0) is 20.9 Å². The molecule has 2 N–H and O–H groups in total. The van der Waals surface area contributed by atoms with Crippen molar-refractivity contribution in [1.29, 1.82) is 0 Å². The maximum absolute atomic E-state index is 11.8. The van der Waals surface area contributed by atoms with Gasteiger partial charge < -0.3 is 19.7 Å². The number of nitrogens with one attached hydrogen (secondary N) is 1. The lowest BCUT2D eigenvalue weighted by atomic mass is 10.3. The molecule has 7 nitrogen and oxygen atoms in total. The van der Waals surface area contributed by atoms with Crippen LogP contribution in [-0.4, -0.2) is 46.3 Å². The van der Waals surface area contributed by atoms with Gasteiger partial charge in [0.25, 0.3) is 0 Å². The highest BCUT2D eigenvalue weighted by Gasteiger charge is 2.19. The third-order valence-electron chi connectivity index (χ3n) is 3.07. The lowest BCUT2D eigenvalue weighted by Gasteiger charge is -2.13. The molecule has 0 saturated heterocycles. The summed E-state index contributed by atoms with van der Waals surface area (Å²) >= 11 is 0. The number of nitrogens with zero attached hydrogens (tertiary/aromatic N) is 2. The van der Waals surface area contributed by atoms with E-state index in [4.69, 9.17) is 9.84 Å². The Balaban J connectivity index is 1.93. The molecule has 7 heteroatoms. The van der Waals surface area contributed by atoms with Crippen LogP contribution < -0.4 is 5.32 Å². The van der Waals surface area contributed by atoms with Gasteiger partial charge in [0.05, 0.1) is 24.0 Å². The molecular formula is C14H17N3O4. The number of aromatic nitrogens is 2. The number of ether oxygens (including phenoxy) is 1. The summed E-state index contributed by atoms with van der Waals surface area (Å²) in [5.41, 5.74) is 1.80. The summed E-state index contributed by atoms with van der Waals surface area (Å²) in [5, 5.41) is 11.4. The fourth-order valence-electron chi connectivity index (χ4n) is 2.02. The molecule has 112 valence electrons. The van der Waals surface area contributed by atoms with E-state index in [1.165, 1.54) is 7.11 Å². The molecule has 0 aliphatic heterocycles. The number of hydrogen-bond donors (Lipinski definition) is 2. The number of aliphatic carboxylic acids is 1. The number of carbonyl (C=O) groups excluding carboxylic acids is 1. The van der Waals surface area contributed by atoms with Crippen molar-refractivity contribution in [1.82, 2.24) is 14.9 Å². The Bertz CT molecular complexity index is 638. The second kappa shape index (κ2) is 6.85. The molecule has 1 aromatic carbocycles. The number of benzene rings is 1. The van der Waals surface area contributed by atoms with Crippen molar-refractivity contribution in [2.45, 2.75) is 19.0 Å². The van der Waals surface area contributed by atoms with Crippen LogP contribution in [0.3, 0.4) is 0 Å². The molecule has 0 bridgehead atoms. The topological polar surface area (TPSA) is 93.5 Å². The van der Waals surface area contributed by atoms with Crippen molar-refractivity contribution in [3.05, 3.63) is 30.6 Å².